The molecular weight excluding hydrogens is 376 g/mol. The molecule has 1 aliphatic heterocycles. The molecule has 7 nitrogen and oxygen atoms in total. The number of carbonyl (C=O) groups excluding carboxylic acids is 2. The topological polar surface area (TPSA) is 106 Å². The van der Waals surface area contributed by atoms with Crippen LogP contribution in [0.5, 0.6) is 0 Å². The Kier molecular flexibility index (Phi) is 3.72. The Morgan fingerprint density at radius 1 is 1.31 bits per heavy atom. The molecule has 158 valence electrons. The van der Waals surface area contributed by atoms with E-state index in [0.29, 0.717) is 25.0 Å². The predicted octanol–water partition coefficient (Wildman–Crippen LogP) is 1.94. The van der Waals surface area contributed by atoms with Gasteiger partial charge in [-0.1, -0.05) is 20.8 Å². The van der Waals surface area contributed by atoms with Crippen molar-refractivity contribution >= 4 is 11.9 Å². The van der Waals surface area contributed by atoms with Crippen molar-refractivity contribution in [3.8, 4) is 0 Å². The van der Waals surface area contributed by atoms with Crippen LogP contribution in [0.4, 0.5) is 0 Å². The summed E-state index contributed by atoms with van der Waals surface area (Å²) >= 11 is 0. The molecule has 5 rings (SSSR count). The number of carbonyl (C=O) groups is 2. The van der Waals surface area contributed by atoms with Crippen molar-refractivity contribution in [3.05, 3.63) is 23.7 Å². The van der Waals surface area contributed by atoms with Crippen molar-refractivity contribution in [1.29, 1.82) is 0 Å². The van der Waals surface area contributed by atoms with E-state index in [2.05, 4.69) is 0 Å². The van der Waals surface area contributed by atoms with Gasteiger partial charge in [-0.15, -0.1) is 0 Å². The summed E-state index contributed by atoms with van der Waals surface area (Å²) in [5, 5.41) is 23.7. The van der Waals surface area contributed by atoms with Gasteiger partial charge in [0.1, 0.15) is 29.7 Å². The van der Waals surface area contributed by atoms with E-state index in [9.17, 15) is 19.8 Å². The zero-order valence-corrected chi connectivity index (χ0v) is 17.2. The molecule has 4 aliphatic rings. The quantitative estimate of drug-likeness (QED) is 0.689. The van der Waals surface area contributed by atoms with Gasteiger partial charge >= 0.3 is 11.9 Å². The van der Waals surface area contributed by atoms with Crippen LogP contribution in [0.25, 0.3) is 0 Å². The first-order valence-electron chi connectivity index (χ1n) is 10.4. The molecule has 7 heteroatoms. The van der Waals surface area contributed by atoms with Crippen LogP contribution in [0.2, 0.25) is 0 Å². The molecule has 0 aromatic carbocycles. The summed E-state index contributed by atoms with van der Waals surface area (Å²) in [6.07, 6.45) is 0.570. The van der Waals surface area contributed by atoms with E-state index in [-0.39, 0.29) is 17.8 Å². The van der Waals surface area contributed by atoms with Crippen LogP contribution in [0, 0.1) is 22.7 Å². The number of aliphatic hydroxyl groups is 2. The summed E-state index contributed by atoms with van der Waals surface area (Å²) in [6, 6.07) is 1.80. The van der Waals surface area contributed by atoms with E-state index in [0.717, 1.165) is 5.56 Å². The van der Waals surface area contributed by atoms with Gasteiger partial charge in [-0.2, -0.15) is 0 Å². The molecule has 3 fully saturated rings. The smallest absolute Gasteiger partial charge is 0.314 e. The SMILES string of the molecule is CC(=O)O[C@H]1CCC(C)(C)[C@]2(O)[C@@H](O)[C@@H]3OC(=O)[C@@H]4c5ccoc5C[C@@H]([C@@H]34)[C@@]12C. The van der Waals surface area contributed by atoms with E-state index in [1.165, 1.54) is 6.92 Å². The van der Waals surface area contributed by atoms with Crippen molar-refractivity contribution in [3.63, 3.8) is 0 Å². The third-order valence-electron chi connectivity index (χ3n) is 8.63. The maximum Gasteiger partial charge on any atom is 0.314 e. The third-order valence-corrected chi connectivity index (χ3v) is 8.63. The normalized spacial score (nSPS) is 46.9. The van der Waals surface area contributed by atoms with Crippen molar-refractivity contribution in [2.24, 2.45) is 22.7 Å². The Morgan fingerprint density at radius 2 is 2.03 bits per heavy atom. The first-order chi connectivity index (χ1) is 13.5. The van der Waals surface area contributed by atoms with Crippen molar-refractivity contribution in [1.82, 2.24) is 0 Å². The molecule has 2 N–H and O–H groups in total. The van der Waals surface area contributed by atoms with Gasteiger partial charge < -0.3 is 24.1 Å². The monoisotopic (exact) mass is 404 g/mol. The van der Waals surface area contributed by atoms with Crippen LogP contribution in [-0.2, 0) is 25.5 Å². The van der Waals surface area contributed by atoms with Crippen LogP contribution in [0.3, 0.4) is 0 Å². The summed E-state index contributed by atoms with van der Waals surface area (Å²) in [7, 11) is 0. The van der Waals surface area contributed by atoms with E-state index in [1.807, 2.05) is 20.8 Å². The highest BCUT2D eigenvalue weighted by atomic mass is 16.6. The van der Waals surface area contributed by atoms with Gasteiger partial charge in [0.15, 0.2) is 0 Å². The van der Waals surface area contributed by atoms with Crippen LogP contribution >= 0.6 is 0 Å². The van der Waals surface area contributed by atoms with Crippen molar-refractivity contribution in [2.75, 3.05) is 0 Å². The molecule has 0 bridgehead atoms. The number of ether oxygens (including phenoxy) is 2. The Balaban J connectivity index is 1.74. The summed E-state index contributed by atoms with van der Waals surface area (Å²) in [4.78, 5) is 24.8. The molecule has 1 saturated heterocycles. The zero-order chi connectivity index (χ0) is 20.9. The van der Waals surface area contributed by atoms with E-state index in [1.54, 1.807) is 12.3 Å². The fourth-order valence-corrected chi connectivity index (χ4v) is 7.26. The molecule has 0 unspecified atom stereocenters. The molecule has 2 saturated carbocycles. The number of aliphatic hydroxyl groups excluding tert-OH is 1. The highest BCUT2D eigenvalue weighted by Crippen LogP contribution is 2.69. The fraction of sp³-hybridized carbons (Fsp3) is 0.727. The molecule has 0 spiro atoms. The summed E-state index contributed by atoms with van der Waals surface area (Å²) in [6.45, 7) is 7.11. The average Bonchev–Trinajstić information content (AvgIpc) is 3.24. The maximum atomic E-state index is 12.9. The molecule has 0 radical (unpaired) electrons. The minimum absolute atomic E-state index is 0.250. The van der Waals surface area contributed by atoms with Gasteiger partial charge in [-0.25, -0.2) is 0 Å². The van der Waals surface area contributed by atoms with Crippen LogP contribution in [0.15, 0.2) is 16.7 Å². The molecule has 1 aromatic rings. The van der Waals surface area contributed by atoms with Gasteiger partial charge in [0.2, 0.25) is 0 Å². The standard InChI is InChI=1S/C22H28O7/c1-10(23)28-14-5-7-20(2,3)22(26)18(24)17-16-12(21(14,22)4)9-13-11(6-8-27-13)15(16)19(25)29-17/h6,8,12,14-18,24,26H,5,7,9H2,1-4H3/t12-,14-,15+,16+,17+,18-,21-,22+/m0/s1. The fourth-order valence-electron chi connectivity index (χ4n) is 7.26. The zero-order valence-electron chi connectivity index (χ0n) is 17.2. The average molecular weight is 404 g/mol. The maximum absolute atomic E-state index is 12.9. The predicted molar refractivity (Wildman–Crippen MR) is 99.6 cm³/mol. The van der Waals surface area contributed by atoms with E-state index < -0.39 is 46.6 Å². The summed E-state index contributed by atoms with van der Waals surface area (Å²) < 4.78 is 17.1. The minimum Gasteiger partial charge on any atom is -0.469 e. The number of furan rings is 1. The highest BCUT2D eigenvalue weighted by Gasteiger charge is 2.78. The number of fused-ring (bicyclic) bond motifs is 4. The second kappa shape index (κ2) is 5.64. The summed E-state index contributed by atoms with van der Waals surface area (Å²) in [5.41, 5.74) is -2.45. The molecule has 8 atom stereocenters. The third kappa shape index (κ3) is 2.05. The lowest BCUT2D eigenvalue weighted by molar-refractivity contribution is -0.329. The number of hydrogen-bond donors (Lipinski definition) is 2. The van der Waals surface area contributed by atoms with Gasteiger partial charge in [-0.05, 0) is 30.2 Å². The molecular formula is C22H28O7. The molecule has 29 heavy (non-hydrogen) atoms. The van der Waals surface area contributed by atoms with Crippen LogP contribution < -0.4 is 0 Å². The van der Waals surface area contributed by atoms with Gasteiger partial charge in [-0.3, -0.25) is 9.59 Å². The van der Waals surface area contributed by atoms with Gasteiger partial charge in [0, 0.05) is 30.2 Å². The largest absolute Gasteiger partial charge is 0.469 e. The number of hydrogen-bond acceptors (Lipinski definition) is 7. The number of esters is 2. The van der Waals surface area contributed by atoms with Crippen LogP contribution in [0.1, 0.15) is 57.8 Å². The molecule has 1 aromatic heterocycles. The molecule has 3 aliphatic carbocycles. The minimum atomic E-state index is -1.61. The van der Waals surface area contributed by atoms with Crippen molar-refractivity contribution < 1.29 is 33.7 Å². The second-order valence-electron chi connectivity index (χ2n) is 10.1. The lowest BCUT2D eigenvalue weighted by atomic mass is 9.39. The Hall–Kier alpha value is -1.86. The van der Waals surface area contributed by atoms with Gasteiger partial charge in [0.25, 0.3) is 0 Å². The van der Waals surface area contributed by atoms with E-state index in [4.69, 9.17) is 13.9 Å². The second-order valence-corrected chi connectivity index (χ2v) is 10.1. The first kappa shape index (κ1) is 19.1. The Morgan fingerprint density at radius 3 is 2.72 bits per heavy atom. The van der Waals surface area contributed by atoms with Crippen LogP contribution in [-0.4, -0.2) is 46.1 Å². The van der Waals surface area contributed by atoms with Gasteiger partial charge in [0.05, 0.1) is 12.2 Å². The summed E-state index contributed by atoms with van der Waals surface area (Å²) in [5.74, 6) is -1.19. The Labute approximate surface area is 169 Å². The molecule has 2 heterocycles. The Bertz CT molecular complexity index is 887. The lowest BCUT2D eigenvalue weighted by Gasteiger charge is -2.68. The first-order valence-corrected chi connectivity index (χ1v) is 10.4. The molecule has 0 amide bonds. The lowest BCUT2D eigenvalue weighted by Crippen LogP contribution is -2.79. The number of rotatable bonds is 1. The van der Waals surface area contributed by atoms with Crippen molar-refractivity contribution in [2.45, 2.75) is 76.8 Å². The van der Waals surface area contributed by atoms with E-state index >= 15 is 0 Å². The highest BCUT2D eigenvalue weighted by molar-refractivity contribution is 5.82.